The van der Waals surface area contributed by atoms with E-state index in [9.17, 15) is 9.59 Å². The molecule has 0 radical (unpaired) electrons. The highest BCUT2D eigenvalue weighted by Crippen LogP contribution is 2.40. The fourth-order valence-corrected chi connectivity index (χ4v) is 6.47. The summed E-state index contributed by atoms with van der Waals surface area (Å²) in [7, 11) is 1.68. The third-order valence-electron chi connectivity index (χ3n) is 8.43. The van der Waals surface area contributed by atoms with Crippen molar-refractivity contribution in [1.29, 1.82) is 0 Å². The van der Waals surface area contributed by atoms with Crippen molar-refractivity contribution in [2.24, 2.45) is 13.0 Å². The number of ether oxygens (including phenoxy) is 1. The van der Waals surface area contributed by atoms with Gasteiger partial charge in [0.05, 0.1) is 23.4 Å². The molecule has 3 aromatic rings. The van der Waals surface area contributed by atoms with Gasteiger partial charge in [0.15, 0.2) is 5.82 Å². The van der Waals surface area contributed by atoms with Crippen LogP contribution in [0, 0.1) is 5.92 Å². The number of rotatable bonds is 4. The fraction of sp³-hybridized carbons (Fsp3) is 0.481. The number of piperidine rings is 1. The lowest BCUT2D eigenvalue weighted by Crippen LogP contribution is -2.40. The molecular weight excluding hydrogens is 492 g/mol. The quantitative estimate of drug-likeness (QED) is 0.481. The molecule has 0 amide bonds. The van der Waals surface area contributed by atoms with E-state index in [1.54, 1.807) is 13.2 Å². The van der Waals surface area contributed by atoms with Crippen LogP contribution >= 0.6 is 11.6 Å². The molecule has 192 valence electrons. The molecule has 7 rings (SSSR count). The van der Waals surface area contributed by atoms with Crippen molar-refractivity contribution in [2.45, 2.75) is 63.1 Å². The number of esters is 1. The zero-order valence-electron chi connectivity index (χ0n) is 20.7. The lowest BCUT2D eigenvalue weighted by atomic mass is 10.0. The van der Waals surface area contributed by atoms with E-state index < -0.39 is 5.97 Å². The van der Waals surface area contributed by atoms with E-state index in [-0.39, 0.29) is 23.8 Å². The molecule has 2 bridgehead atoms. The molecule has 3 aliphatic heterocycles. The van der Waals surface area contributed by atoms with Gasteiger partial charge in [-0.1, -0.05) is 11.6 Å². The largest absolute Gasteiger partial charge is 0.460 e. The number of fused-ring (bicyclic) bond motifs is 5. The summed E-state index contributed by atoms with van der Waals surface area (Å²) in [6.07, 6.45) is 9.83. The molecule has 9 nitrogen and oxygen atoms in total. The molecule has 1 aromatic carbocycles. The summed E-state index contributed by atoms with van der Waals surface area (Å²) < 4.78 is 6.99. The molecule has 2 saturated heterocycles. The molecule has 37 heavy (non-hydrogen) atoms. The number of cyclic esters (lactones) is 1. The minimum atomic E-state index is -0.578. The Morgan fingerprint density at radius 3 is 2.65 bits per heavy atom. The second kappa shape index (κ2) is 8.62. The summed E-state index contributed by atoms with van der Waals surface area (Å²) in [4.78, 5) is 37.7. The molecule has 10 heteroatoms. The van der Waals surface area contributed by atoms with Crippen molar-refractivity contribution in [3.63, 3.8) is 0 Å². The number of aromatic nitrogens is 3. The standard InChI is InChI=1S/C27H29ClN6O3/c1-33-21-10-7-15(11-18(21)23-22(25(33)35)26(36)37-13-20(31-23)14-5-6-14)30-24-19(28)12-29-27(32-24)34-16-3-2-4-17(34)9-8-16/h7,10-12,14,16-17,20,31H,2-6,8-9,13H2,1H3,(H,29,30,32)/t16?,17?,20-/m1/s1. The molecule has 4 aliphatic rings. The average molecular weight is 521 g/mol. The molecule has 5 heterocycles. The first-order chi connectivity index (χ1) is 18.0. The average Bonchev–Trinajstić information content (AvgIpc) is 3.72. The van der Waals surface area contributed by atoms with Crippen LogP contribution in [0.4, 0.5) is 23.1 Å². The number of aryl methyl sites for hydroxylation is 1. The number of anilines is 4. The van der Waals surface area contributed by atoms with Crippen molar-refractivity contribution in [2.75, 3.05) is 22.1 Å². The first-order valence-corrected chi connectivity index (χ1v) is 13.5. The van der Waals surface area contributed by atoms with Crippen LogP contribution in [-0.4, -0.2) is 45.2 Å². The summed E-state index contributed by atoms with van der Waals surface area (Å²) in [5, 5.41) is 8.06. The molecular formula is C27H29ClN6O3. The van der Waals surface area contributed by atoms with Crippen LogP contribution in [-0.2, 0) is 11.8 Å². The smallest absolute Gasteiger partial charge is 0.346 e. The Hall–Kier alpha value is -3.33. The van der Waals surface area contributed by atoms with E-state index in [0.29, 0.717) is 40.5 Å². The van der Waals surface area contributed by atoms with Crippen LogP contribution in [0.5, 0.6) is 0 Å². The Morgan fingerprint density at radius 1 is 1.11 bits per heavy atom. The van der Waals surface area contributed by atoms with Crippen LogP contribution in [0.3, 0.4) is 0 Å². The Balaban J connectivity index is 1.29. The number of pyridine rings is 1. The summed E-state index contributed by atoms with van der Waals surface area (Å²) in [5.41, 5.74) is 1.71. The highest BCUT2D eigenvalue weighted by molar-refractivity contribution is 6.33. The van der Waals surface area contributed by atoms with Gasteiger partial charge in [-0.05, 0) is 69.1 Å². The van der Waals surface area contributed by atoms with Gasteiger partial charge in [-0.15, -0.1) is 0 Å². The molecule has 0 spiro atoms. The minimum Gasteiger partial charge on any atom is -0.460 e. The topological polar surface area (TPSA) is 101 Å². The Kier molecular flexibility index (Phi) is 5.32. The molecule has 2 aromatic heterocycles. The van der Waals surface area contributed by atoms with Crippen molar-refractivity contribution >= 4 is 51.6 Å². The van der Waals surface area contributed by atoms with E-state index in [4.69, 9.17) is 21.3 Å². The van der Waals surface area contributed by atoms with Crippen molar-refractivity contribution in [3.8, 4) is 0 Å². The Bertz CT molecular complexity index is 1470. The van der Waals surface area contributed by atoms with Gasteiger partial charge < -0.3 is 24.8 Å². The van der Waals surface area contributed by atoms with Gasteiger partial charge in [0.1, 0.15) is 17.2 Å². The monoisotopic (exact) mass is 520 g/mol. The summed E-state index contributed by atoms with van der Waals surface area (Å²) in [5.74, 6) is 1.12. The predicted octanol–water partition coefficient (Wildman–Crippen LogP) is 4.61. The number of nitrogens with one attached hydrogen (secondary N) is 2. The fourth-order valence-electron chi connectivity index (χ4n) is 6.33. The third-order valence-corrected chi connectivity index (χ3v) is 8.71. The Morgan fingerprint density at radius 2 is 1.89 bits per heavy atom. The normalized spacial score (nSPS) is 24.9. The van der Waals surface area contributed by atoms with E-state index in [1.165, 1.54) is 36.7 Å². The van der Waals surface area contributed by atoms with Gasteiger partial charge in [-0.2, -0.15) is 4.98 Å². The van der Waals surface area contributed by atoms with Crippen LogP contribution in [0.25, 0.3) is 10.9 Å². The lowest BCUT2D eigenvalue weighted by molar-refractivity contribution is 0.0491. The Labute approximate surface area is 219 Å². The minimum absolute atomic E-state index is 0.00380. The number of hydrogen-bond acceptors (Lipinski definition) is 8. The summed E-state index contributed by atoms with van der Waals surface area (Å²) in [6, 6.07) is 6.70. The van der Waals surface area contributed by atoms with Crippen LogP contribution in [0.1, 0.15) is 55.3 Å². The maximum atomic E-state index is 13.1. The lowest BCUT2D eigenvalue weighted by Gasteiger charge is -2.34. The maximum absolute atomic E-state index is 13.1. The number of carbonyl (C=O) groups is 1. The van der Waals surface area contributed by atoms with E-state index in [1.807, 2.05) is 18.2 Å². The van der Waals surface area contributed by atoms with Gasteiger partial charge in [0, 0.05) is 30.2 Å². The third kappa shape index (κ3) is 3.82. The number of hydrogen-bond donors (Lipinski definition) is 2. The second-order valence-electron chi connectivity index (χ2n) is 10.7. The highest BCUT2D eigenvalue weighted by atomic mass is 35.5. The van der Waals surface area contributed by atoms with Crippen molar-refractivity contribution in [3.05, 3.63) is 45.3 Å². The van der Waals surface area contributed by atoms with Crippen LogP contribution in [0.2, 0.25) is 5.02 Å². The van der Waals surface area contributed by atoms with Crippen LogP contribution < -0.4 is 21.1 Å². The highest BCUT2D eigenvalue weighted by Gasteiger charge is 2.39. The van der Waals surface area contributed by atoms with Gasteiger partial charge in [-0.3, -0.25) is 4.79 Å². The molecule has 1 saturated carbocycles. The molecule has 3 fully saturated rings. The SMILES string of the molecule is Cn1c(=O)c2c(c3cc(Nc4nc(N5C6CCCC5CC6)ncc4Cl)ccc31)N[C@@H](C1CC1)COC2=O. The number of nitrogens with zero attached hydrogens (tertiary/aromatic N) is 4. The summed E-state index contributed by atoms with van der Waals surface area (Å²) >= 11 is 6.53. The molecule has 2 N–H and O–H groups in total. The molecule has 1 aliphatic carbocycles. The number of carbonyl (C=O) groups excluding carboxylic acids is 1. The van der Waals surface area contributed by atoms with Crippen molar-refractivity contribution < 1.29 is 9.53 Å². The van der Waals surface area contributed by atoms with Gasteiger partial charge in [0.25, 0.3) is 5.56 Å². The first kappa shape index (κ1) is 22.8. The van der Waals surface area contributed by atoms with E-state index >= 15 is 0 Å². The van der Waals surface area contributed by atoms with Crippen molar-refractivity contribution in [1.82, 2.24) is 14.5 Å². The summed E-state index contributed by atoms with van der Waals surface area (Å²) in [6.45, 7) is 0.262. The zero-order valence-corrected chi connectivity index (χ0v) is 21.4. The van der Waals surface area contributed by atoms with E-state index in [0.717, 1.165) is 29.4 Å². The molecule has 3 atom stereocenters. The first-order valence-electron chi connectivity index (χ1n) is 13.2. The van der Waals surface area contributed by atoms with E-state index in [2.05, 4.69) is 20.5 Å². The molecule has 2 unspecified atom stereocenters. The van der Waals surface area contributed by atoms with Gasteiger partial charge >= 0.3 is 5.97 Å². The maximum Gasteiger partial charge on any atom is 0.346 e. The predicted molar refractivity (Wildman–Crippen MR) is 143 cm³/mol. The van der Waals surface area contributed by atoms with Crippen LogP contribution in [0.15, 0.2) is 29.2 Å². The van der Waals surface area contributed by atoms with Gasteiger partial charge in [0.2, 0.25) is 5.95 Å². The number of benzene rings is 1. The zero-order chi connectivity index (χ0) is 25.3. The van der Waals surface area contributed by atoms with Gasteiger partial charge in [-0.25, -0.2) is 9.78 Å². The second-order valence-corrected chi connectivity index (χ2v) is 11.2. The number of halogens is 1.